The predicted octanol–water partition coefficient (Wildman–Crippen LogP) is 2.36. The summed E-state index contributed by atoms with van der Waals surface area (Å²) in [5.74, 6) is 0.197. The van der Waals surface area contributed by atoms with Crippen LogP contribution < -0.4 is 4.74 Å². The molecule has 0 N–H and O–H groups in total. The zero-order chi connectivity index (χ0) is 22.8. The van der Waals surface area contributed by atoms with E-state index in [4.69, 9.17) is 9.47 Å². The molecule has 9 nitrogen and oxygen atoms in total. The third-order valence-corrected chi connectivity index (χ3v) is 5.60. The van der Waals surface area contributed by atoms with Gasteiger partial charge < -0.3 is 14.4 Å². The highest BCUT2D eigenvalue weighted by Gasteiger charge is 2.32. The van der Waals surface area contributed by atoms with Crippen molar-refractivity contribution < 1.29 is 19.1 Å². The Labute approximate surface area is 186 Å². The molecule has 0 fully saturated rings. The number of hydrogen-bond acceptors (Lipinski definition) is 6. The lowest BCUT2D eigenvalue weighted by molar-refractivity contribution is 0.0512. The largest absolute Gasteiger partial charge is 0.497 e. The molecule has 2 aromatic heterocycles. The number of amides is 1. The zero-order valence-corrected chi connectivity index (χ0v) is 18.8. The lowest BCUT2D eigenvalue weighted by Crippen LogP contribution is -2.37. The first-order valence-corrected chi connectivity index (χ1v) is 10.6. The standard InChI is InChI=1S/C23H27N5O4/c1-5-32-23(30)21-18-14-27(22(29)20-12-15(2)24-26(20)3)11-10-19(18)28(25-21)13-16-6-8-17(31-4)9-7-16/h6-9,12H,5,10-11,13-14H2,1-4H3. The first-order chi connectivity index (χ1) is 15.4. The van der Waals surface area contributed by atoms with Crippen LogP contribution in [0.3, 0.4) is 0 Å². The fraction of sp³-hybridized carbons (Fsp3) is 0.391. The normalized spacial score (nSPS) is 13.1. The predicted molar refractivity (Wildman–Crippen MR) is 117 cm³/mol. The maximum Gasteiger partial charge on any atom is 0.359 e. The van der Waals surface area contributed by atoms with Crippen molar-refractivity contribution in [3.8, 4) is 5.75 Å². The van der Waals surface area contributed by atoms with Crippen molar-refractivity contribution in [2.75, 3.05) is 20.3 Å². The van der Waals surface area contributed by atoms with Crippen LogP contribution in [0.1, 0.15) is 50.4 Å². The minimum absolute atomic E-state index is 0.114. The van der Waals surface area contributed by atoms with Gasteiger partial charge in [0.1, 0.15) is 11.4 Å². The fourth-order valence-corrected chi connectivity index (χ4v) is 4.04. The molecular weight excluding hydrogens is 410 g/mol. The maximum absolute atomic E-state index is 13.1. The van der Waals surface area contributed by atoms with E-state index in [1.165, 1.54) is 0 Å². The highest BCUT2D eigenvalue weighted by molar-refractivity contribution is 5.93. The van der Waals surface area contributed by atoms with Gasteiger partial charge in [-0.05, 0) is 37.6 Å². The van der Waals surface area contributed by atoms with E-state index in [1.807, 2.05) is 35.9 Å². The van der Waals surface area contributed by atoms with Crippen molar-refractivity contribution in [1.29, 1.82) is 0 Å². The summed E-state index contributed by atoms with van der Waals surface area (Å²) < 4.78 is 13.9. The molecule has 0 atom stereocenters. The van der Waals surface area contributed by atoms with Gasteiger partial charge in [-0.2, -0.15) is 10.2 Å². The molecule has 0 bridgehead atoms. The number of methoxy groups -OCH3 is 1. The Hall–Kier alpha value is -3.62. The Morgan fingerprint density at radius 3 is 2.53 bits per heavy atom. The SMILES string of the molecule is CCOC(=O)c1nn(Cc2ccc(OC)cc2)c2c1CN(C(=O)c1cc(C)nn1C)CC2. The summed E-state index contributed by atoms with van der Waals surface area (Å²) in [6.45, 7) is 5.23. The number of esters is 1. The van der Waals surface area contributed by atoms with Gasteiger partial charge in [-0.25, -0.2) is 4.79 Å². The molecule has 1 aliphatic heterocycles. The van der Waals surface area contributed by atoms with Crippen molar-refractivity contribution in [2.45, 2.75) is 33.4 Å². The van der Waals surface area contributed by atoms with E-state index in [-0.39, 0.29) is 18.2 Å². The molecule has 32 heavy (non-hydrogen) atoms. The van der Waals surface area contributed by atoms with E-state index in [2.05, 4.69) is 10.2 Å². The average molecular weight is 438 g/mol. The third kappa shape index (κ3) is 4.10. The Morgan fingerprint density at radius 1 is 1.16 bits per heavy atom. The van der Waals surface area contributed by atoms with Crippen LogP contribution in [-0.2, 0) is 31.3 Å². The summed E-state index contributed by atoms with van der Waals surface area (Å²) in [6.07, 6.45) is 0.598. The smallest absolute Gasteiger partial charge is 0.359 e. The number of ether oxygens (including phenoxy) is 2. The molecule has 3 aromatic rings. The molecule has 3 heterocycles. The summed E-state index contributed by atoms with van der Waals surface area (Å²) in [7, 11) is 3.39. The molecule has 168 valence electrons. The number of hydrogen-bond donors (Lipinski definition) is 0. The quantitative estimate of drug-likeness (QED) is 0.550. The van der Waals surface area contributed by atoms with Gasteiger partial charge in [0, 0.05) is 31.3 Å². The van der Waals surface area contributed by atoms with Crippen LogP contribution >= 0.6 is 0 Å². The molecular formula is C23H27N5O4. The Kier molecular flexibility index (Phi) is 5.98. The third-order valence-electron chi connectivity index (χ3n) is 5.60. The van der Waals surface area contributed by atoms with Crippen molar-refractivity contribution in [3.63, 3.8) is 0 Å². The van der Waals surface area contributed by atoms with Gasteiger partial charge in [0.05, 0.1) is 32.5 Å². The van der Waals surface area contributed by atoms with E-state index < -0.39 is 5.97 Å². The highest BCUT2D eigenvalue weighted by atomic mass is 16.5. The number of aromatic nitrogens is 4. The van der Waals surface area contributed by atoms with Crippen LogP contribution in [0.15, 0.2) is 30.3 Å². The number of aryl methyl sites for hydroxylation is 2. The van der Waals surface area contributed by atoms with Crippen molar-refractivity contribution in [2.24, 2.45) is 7.05 Å². The highest BCUT2D eigenvalue weighted by Crippen LogP contribution is 2.26. The van der Waals surface area contributed by atoms with Crippen LogP contribution in [0.5, 0.6) is 5.75 Å². The van der Waals surface area contributed by atoms with Gasteiger partial charge in [0.15, 0.2) is 5.69 Å². The second kappa shape index (κ2) is 8.86. The summed E-state index contributed by atoms with van der Waals surface area (Å²) in [5.41, 5.74) is 4.32. The lowest BCUT2D eigenvalue weighted by atomic mass is 10.0. The number of carbonyl (C=O) groups is 2. The minimum Gasteiger partial charge on any atom is -0.497 e. The fourth-order valence-electron chi connectivity index (χ4n) is 4.04. The number of carbonyl (C=O) groups excluding carboxylic acids is 2. The van der Waals surface area contributed by atoms with E-state index in [0.29, 0.717) is 31.7 Å². The van der Waals surface area contributed by atoms with E-state index in [9.17, 15) is 9.59 Å². The van der Waals surface area contributed by atoms with Crippen LogP contribution in [0.2, 0.25) is 0 Å². The minimum atomic E-state index is -0.470. The molecule has 0 unspecified atom stereocenters. The van der Waals surface area contributed by atoms with E-state index in [0.717, 1.165) is 28.3 Å². The van der Waals surface area contributed by atoms with Gasteiger partial charge in [-0.3, -0.25) is 14.2 Å². The van der Waals surface area contributed by atoms with E-state index >= 15 is 0 Å². The van der Waals surface area contributed by atoms with Crippen LogP contribution in [0, 0.1) is 6.92 Å². The van der Waals surface area contributed by atoms with Crippen molar-refractivity contribution in [3.05, 3.63) is 64.2 Å². The first-order valence-electron chi connectivity index (χ1n) is 10.6. The van der Waals surface area contributed by atoms with Gasteiger partial charge in [-0.15, -0.1) is 0 Å². The number of fused-ring (bicyclic) bond motifs is 1. The van der Waals surface area contributed by atoms with Crippen molar-refractivity contribution >= 4 is 11.9 Å². The summed E-state index contributed by atoms with van der Waals surface area (Å²) in [5, 5.41) is 8.87. The molecule has 0 radical (unpaired) electrons. The molecule has 9 heteroatoms. The number of nitrogens with zero attached hydrogens (tertiary/aromatic N) is 5. The van der Waals surface area contributed by atoms with Crippen LogP contribution in [-0.4, -0.2) is 56.6 Å². The summed E-state index contributed by atoms with van der Waals surface area (Å²) in [4.78, 5) is 27.5. The monoisotopic (exact) mass is 437 g/mol. The molecule has 0 saturated carbocycles. The van der Waals surface area contributed by atoms with Crippen LogP contribution in [0.4, 0.5) is 0 Å². The molecule has 0 saturated heterocycles. The Morgan fingerprint density at radius 2 is 1.91 bits per heavy atom. The van der Waals surface area contributed by atoms with Crippen molar-refractivity contribution in [1.82, 2.24) is 24.5 Å². The second-order valence-electron chi connectivity index (χ2n) is 7.77. The first kappa shape index (κ1) is 21.6. The molecule has 4 rings (SSSR count). The zero-order valence-electron chi connectivity index (χ0n) is 18.8. The maximum atomic E-state index is 13.1. The van der Waals surface area contributed by atoms with Gasteiger partial charge >= 0.3 is 5.97 Å². The molecule has 1 amide bonds. The van der Waals surface area contributed by atoms with E-state index in [1.54, 1.807) is 36.7 Å². The molecule has 0 spiro atoms. The average Bonchev–Trinajstić information content (AvgIpc) is 3.32. The van der Waals surface area contributed by atoms with Gasteiger partial charge in [0.25, 0.3) is 5.91 Å². The second-order valence-corrected chi connectivity index (χ2v) is 7.77. The number of rotatable bonds is 6. The Bertz CT molecular complexity index is 1150. The lowest BCUT2D eigenvalue weighted by Gasteiger charge is -2.27. The molecule has 1 aromatic carbocycles. The summed E-state index contributed by atoms with van der Waals surface area (Å²) >= 11 is 0. The Balaban J connectivity index is 1.65. The molecule has 1 aliphatic rings. The topological polar surface area (TPSA) is 91.5 Å². The van der Waals surface area contributed by atoms with Crippen LogP contribution in [0.25, 0.3) is 0 Å². The molecule has 0 aliphatic carbocycles. The summed E-state index contributed by atoms with van der Waals surface area (Å²) in [6, 6.07) is 9.51. The van der Waals surface area contributed by atoms with Gasteiger partial charge in [-0.1, -0.05) is 12.1 Å². The van der Waals surface area contributed by atoms with Gasteiger partial charge in [0.2, 0.25) is 0 Å². The number of benzene rings is 1.